The van der Waals surface area contributed by atoms with E-state index >= 15 is 0 Å². The third-order valence-electron chi connectivity index (χ3n) is 5.83. The molecule has 0 unspecified atom stereocenters. The number of cyclic esters (lactones) is 4. The Balaban J connectivity index is 1.82. The number of esters is 4. The highest BCUT2D eigenvalue weighted by atomic mass is 16.6. The first-order valence-electron chi connectivity index (χ1n) is 9.00. The van der Waals surface area contributed by atoms with Crippen LogP contribution in [-0.4, -0.2) is 33.8 Å². The molecule has 5 aromatic rings. The topological polar surface area (TPSA) is 113 Å². The van der Waals surface area contributed by atoms with Crippen molar-refractivity contribution in [2.24, 2.45) is 0 Å². The third kappa shape index (κ3) is 1.56. The molecule has 3 aromatic carbocycles. The van der Waals surface area contributed by atoms with Gasteiger partial charge in [0.1, 0.15) is 0 Å². The van der Waals surface area contributed by atoms with Crippen molar-refractivity contribution in [1.82, 2.24) is 9.97 Å². The highest BCUT2D eigenvalue weighted by Gasteiger charge is 2.33. The van der Waals surface area contributed by atoms with Crippen LogP contribution in [0.2, 0.25) is 0 Å². The zero-order valence-electron chi connectivity index (χ0n) is 14.8. The molecule has 8 heteroatoms. The summed E-state index contributed by atoms with van der Waals surface area (Å²) in [7, 11) is 0. The number of carbonyl (C=O) groups excluding carboxylic acids is 4. The lowest BCUT2D eigenvalue weighted by molar-refractivity contribution is 0.0373. The van der Waals surface area contributed by atoms with E-state index in [0.29, 0.717) is 32.6 Å². The van der Waals surface area contributed by atoms with Crippen LogP contribution in [0.5, 0.6) is 0 Å². The van der Waals surface area contributed by atoms with Gasteiger partial charge in [0.05, 0.1) is 33.3 Å². The Morgan fingerprint density at radius 1 is 0.500 bits per heavy atom. The first kappa shape index (κ1) is 15.5. The zero-order valence-corrected chi connectivity index (χ0v) is 14.8. The zero-order chi connectivity index (χ0) is 20.3. The molecule has 0 saturated heterocycles. The number of aromatic nitrogens is 2. The van der Waals surface area contributed by atoms with Crippen molar-refractivity contribution in [3.8, 4) is 0 Å². The predicted molar refractivity (Wildman–Crippen MR) is 103 cm³/mol. The van der Waals surface area contributed by atoms with Gasteiger partial charge in [-0.05, 0) is 22.9 Å². The Labute approximate surface area is 165 Å². The lowest BCUT2D eigenvalue weighted by atomic mass is 9.87. The Bertz CT molecular complexity index is 1480. The van der Waals surface area contributed by atoms with E-state index in [9.17, 15) is 19.2 Å². The van der Waals surface area contributed by atoms with Crippen molar-refractivity contribution in [1.29, 1.82) is 0 Å². The molecule has 2 aliphatic heterocycles. The lowest BCUT2D eigenvalue weighted by Gasteiger charge is -2.21. The van der Waals surface area contributed by atoms with Gasteiger partial charge in [0.25, 0.3) is 0 Å². The molecule has 0 saturated carbocycles. The molecular formula is C22H6N2O6. The van der Waals surface area contributed by atoms with Gasteiger partial charge in [-0.15, -0.1) is 0 Å². The highest BCUT2D eigenvalue weighted by molar-refractivity contribution is 6.38. The van der Waals surface area contributed by atoms with Crippen molar-refractivity contribution in [3.63, 3.8) is 0 Å². The fourth-order valence-corrected chi connectivity index (χ4v) is 4.62. The van der Waals surface area contributed by atoms with Gasteiger partial charge in [0.2, 0.25) is 0 Å². The van der Waals surface area contributed by atoms with Crippen LogP contribution >= 0.6 is 0 Å². The molecule has 2 aliphatic rings. The van der Waals surface area contributed by atoms with E-state index in [4.69, 9.17) is 9.47 Å². The Morgan fingerprint density at radius 2 is 0.900 bits per heavy atom. The van der Waals surface area contributed by atoms with Crippen LogP contribution in [-0.2, 0) is 9.47 Å². The number of nitrogens with zero attached hydrogens (tertiary/aromatic N) is 2. The van der Waals surface area contributed by atoms with E-state index in [1.165, 1.54) is 12.4 Å². The van der Waals surface area contributed by atoms with E-state index in [-0.39, 0.29) is 22.3 Å². The summed E-state index contributed by atoms with van der Waals surface area (Å²) < 4.78 is 9.63. The maximum Gasteiger partial charge on any atom is 0.348 e. The second kappa shape index (κ2) is 4.74. The fraction of sp³-hybridized carbons (Fsp3) is 0. The molecule has 140 valence electrons. The summed E-state index contributed by atoms with van der Waals surface area (Å²) in [5.74, 6) is -2.93. The van der Waals surface area contributed by atoms with Gasteiger partial charge in [0.15, 0.2) is 0 Å². The summed E-state index contributed by atoms with van der Waals surface area (Å²) in [5, 5.41) is 3.62. The van der Waals surface area contributed by atoms with Crippen molar-refractivity contribution >= 4 is 67.2 Å². The number of pyridine rings is 2. The number of rotatable bonds is 0. The second-order valence-corrected chi connectivity index (χ2v) is 7.22. The second-order valence-electron chi connectivity index (χ2n) is 7.22. The fourth-order valence-electron chi connectivity index (χ4n) is 4.62. The van der Waals surface area contributed by atoms with Crippen LogP contribution in [0.15, 0.2) is 36.7 Å². The molecule has 0 atom stereocenters. The highest BCUT2D eigenvalue weighted by Crippen LogP contribution is 2.44. The van der Waals surface area contributed by atoms with Gasteiger partial charge < -0.3 is 9.47 Å². The quantitative estimate of drug-likeness (QED) is 0.170. The van der Waals surface area contributed by atoms with Gasteiger partial charge in [-0.2, -0.15) is 0 Å². The summed E-state index contributed by atoms with van der Waals surface area (Å²) in [6.45, 7) is 0. The van der Waals surface area contributed by atoms with E-state index in [0.717, 1.165) is 10.8 Å². The average molecular weight is 394 g/mol. The van der Waals surface area contributed by atoms with Crippen LogP contribution in [0, 0.1) is 0 Å². The van der Waals surface area contributed by atoms with E-state index < -0.39 is 23.9 Å². The molecule has 4 heterocycles. The molecule has 7 rings (SSSR count). The van der Waals surface area contributed by atoms with Crippen LogP contribution in [0.4, 0.5) is 0 Å². The van der Waals surface area contributed by atoms with Crippen LogP contribution < -0.4 is 0 Å². The van der Waals surface area contributed by atoms with Crippen molar-refractivity contribution in [2.45, 2.75) is 0 Å². The van der Waals surface area contributed by atoms with Gasteiger partial charge in [-0.1, -0.05) is 12.1 Å². The summed E-state index contributed by atoms with van der Waals surface area (Å²) >= 11 is 0. The Kier molecular flexibility index (Phi) is 2.44. The normalized spacial score (nSPS) is 15.5. The Hall–Kier alpha value is -4.46. The molecule has 0 spiro atoms. The molecular weight excluding hydrogens is 388 g/mol. The first-order valence-corrected chi connectivity index (χ1v) is 9.00. The number of fused-ring (bicyclic) bond motifs is 2. The van der Waals surface area contributed by atoms with Crippen molar-refractivity contribution < 1.29 is 28.7 Å². The molecule has 0 N–H and O–H groups in total. The molecule has 0 amide bonds. The van der Waals surface area contributed by atoms with Gasteiger partial charge in [0, 0.05) is 33.9 Å². The van der Waals surface area contributed by atoms with Crippen LogP contribution in [0.1, 0.15) is 41.4 Å². The molecule has 30 heavy (non-hydrogen) atoms. The van der Waals surface area contributed by atoms with Crippen molar-refractivity contribution in [3.05, 3.63) is 58.9 Å². The monoisotopic (exact) mass is 394 g/mol. The molecule has 0 aliphatic carbocycles. The first-order chi connectivity index (χ1) is 14.5. The number of hydrogen-bond donors (Lipinski definition) is 0. The smallest absolute Gasteiger partial charge is 0.348 e. The Morgan fingerprint density at radius 3 is 1.33 bits per heavy atom. The van der Waals surface area contributed by atoms with Gasteiger partial charge in [-0.3, -0.25) is 9.97 Å². The standard InChI is InChI=1S/C22H6N2O6/c25-19-9-3-1-7-8-2-4-10-14-12(22(28)30-20(10)26)6-24-18(16(8)14)17-15(7)13(9)11(5-23-17)21(27)29-19/h1-6H. The molecule has 8 nitrogen and oxygen atoms in total. The average Bonchev–Trinajstić information content (AvgIpc) is 2.74. The van der Waals surface area contributed by atoms with Crippen LogP contribution in [0.25, 0.3) is 43.4 Å². The lowest BCUT2D eigenvalue weighted by Crippen LogP contribution is -2.21. The van der Waals surface area contributed by atoms with E-state index in [1.807, 2.05) is 0 Å². The molecule has 0 fully saturated rings. The largest absolute Gasteiger partial charge is 0.386 e. The van der Waals surface area contributed by atoms with Gasteiger partial charge in [-0.25, -0.2) is 19.2 Å². The van der Waals surface area contributed by atoms with Gasteiger partial charge >= 0.3 is 23.9 Å². The minimum atomic E-state index is -0.749. The summed E-state index contributed by atoms with van der Waals surface area (Å²) in [6.07, 6.45) is 2.72. The number of ether oxygens (including phenoxy) is 2. The van der Waals surface area contributed by atoms with Crippen molar-refractivity contribution in [2.75, 3.05) is 0 Å². The predicted octanol–water partition coefficient (Wildman–Crippen LogP) is 3.15. The number of carbonyl (C=O) groups is 4. The van der Waals surface area contributed by atoms with E-state index in [1.54, 1.807) is 24.3 Å². The minimum absolute atomic E-state index is 0.206. The minimum Gasteiger partial charge on any atom is -0.386 e. The summed E-state index contributed by atoms with van der Waals surface area (Å²) in [4.78, 5) is 58.0. The third-order valence-corrected chi connectivity index (χ3v) is 5.83. The SMILES string of the molecule is O=C1OC(=O)c2cnc3c4ncc5c6c(ccc(c7ccc1c2c73)c64)C(=O)OC5=O. The van der Waals surface area contributed by atoms with E-state index in [2.05, 4.69) is 9.97 Å². The maximum absolute atomic E-state index is 12.3. The van der Waals surface area contributed by atoms with Crippen LogP contribution in [0.3, 0.4) is 0 Å². The summed E-state index contributed by atoms with van der Waals surface area (Å²) in [5.41, 5.74) is 1.90. The molecule has 2 aromatic heterocycles. The molecule has 0 radical (unpaired) electrons. The number of benzene rings is 3. The summed E-state index contributed by atoms with van der Waals surface area (Å²) in [6, 6.07) is 6.71. The number of hydrogen-bond acceptors (Lipinski definition) is 8. The maximum atomic E-state index is 12.3. The molecule has 0 bridgehead atoms.